The minimum absolute atomic E-state index is 0.00639. The third-order valence-corrected chi connectivity index (χ3v) is 11.6. The number of hydrogen-bond acceptors (Lipinski definition) is 8. The average molecular weight is 677 g/mol. The lowest BCUT2D eigenvalue weighted by molar-refractivity contribution is -0.146. The van der Waals surface area contributed by atoms with Gasteiger partial charge in [-0.15, -0.1) is 0 Å². The Balaban J connectivity index is 1.36. The second-order valence-corrected chi connectivity index (χ2v) is 16.4. The molecule has 6 atom stereocenters. The van der Waals surface area contributed by atoms with Crippen LogP contribution in [0.5, 0.6) is 0 Å². The summed E-state index contributed by atoms with van der Waals surface area (Å²) >= 11 is 0. The summed E-state index contributed by atoms with van der Waals surface area (Å²) in [6, 6.07) is -1.60. The monoisotopic (exact) mass is 676 g/mol. The molecule has 0 spiro atoms. The van der Waals surface area contributed by atoms with E-state index in [1.807, 2.05) is 27.7 Å². The lowest BCUT2D eigenvalue weighted by Crippen LogP contribution is -2.58. The average Bonchev–Trinajstić information content (AvgIpc) is 3.65. The first kappa shape index (κ1) is 37.0. The van der Waals surface area contributed by atoms with Crippen molar-refractivity contribution in [3.05, 3.63) is 24.3 Å². The number of aromatic nitrogens is 2. The highest BCUT2D eigenvalue weighted by Gasteiger charge is 2.52. The third kappa shape index (κ3) is 9.09. The van der Waals surface area contributed by atoms with E-state index < -0.39 is 35.1 Å². The lowest BCUT2D eigenvalue weighted by atomic mass is 9.76. The molecule has 10 nitrogen and oxygen atoms in total. The fourth-order valence-electron chi connectivity index (χ4n) is 8.72. The Morgan fingerprint density at radius 1 is 0.918 bits per heavy atom. The van der Waals surface area contributed by atoms with Gasteiger partial charge in [-0.2, -0.15) is 0 Å². The summed E-state index contributed by atoms with van der Waals surface area (Å²) < 4.78 is 0. The quantitative estimate of drug-likeness (QED) is 0.173. The number of rotatable bonds is 16. The molecule has 49 heavy (non-hydrogen) atoms. The molecule has 4 aliphatic rings. The van der Waals surface area contributed by atoms with E-state index in [2.05, 4.69) is 15.3 Å². The van der Waals surface area contributed by atoms with Crippen molar-refractivity contribution in [2.24, 2.45) is 40.9 Å². The van der Waals surface area contributed by atoms with Gasteiger partial charge in [0.2, 0.25) is 17.6 Å². The predicted octanol–water partition coefficient (Wildman–Crippen LogP) is 5.72. The van der Waals surface area contributed by atoms with E-state index in [0.717, 1.165) is 64.2 Å². The zero-order valence-corrected chi connectivity index (χ0v) is 30.0. The zero-order valence-electron chi connectivity index (χ0n) is 30.0. The van der Waals surface area contributed by atoms with Gasteiger partial charge in [0.1, 0.15) is 11.7 Å². The maximum atomic E-state index is 14.7. The van der Waals surface area contributed by atoms with Crippen LogP contribution in [0.25, 0.3) is 0 Å². The third-order valence-electron chi connectivity index (χ3n) is 11.6. The molecule has 1 aromatic heterocycles. The predicted molar refractivity (Wildman–Crippen MR) is 184 cm³/mol. The molecule has 3 saturated carbocycles. The van der Waals surface area contributed by atoms with Crippen molar-refractivity contribution in [3.63, 3.8) is 0 Å². The first-order valence-electron chi connectivity index (χ1n) is 18.9. The van der Waals surface area contributed by atoms with E-state index in [4.69, 9.17) is 0 Å². The second kappa shape index (κ2) is 16.2. The van der Waals surface area contributed by atoms with Crippen molar-refractivity contribution in [3.8, 4) is 0 Å². The summed E-state index contributed by atoms with van der Waals surface area (Å²) in [7, 11) is 0. The van der Waals surface area contributed by atoms with Crippen LogP contribution in [0.1, 0.15) is 134 Å². The van der Waals surface area contributed by atoms with Crippen LogP contribution < -0.4 is 5.32 Å². The number of carbonyl (C=O) groups is 6. The summed E-state index contributed by atoms with van der Waals surface area (Å²) in [5.74, 6) is -2.59. The number of nitrogens with one attached hydrogen (secondary N) is 1. The Morgan fingerprint density at radius 2 is 1.65 bits per heavy atom. The molecule has 268 valence electrons. The van der Waals surface area contributed by atoms with E-state index in [0.29, 0.717) is 25.3 Å². The van der Waals surface area contributed by atoms with Crippen LogP contribution in [-0.4, -0.2) is 68.4 Å². The van der Waals surface area contributed by atoms with Crippen LogP contribution in [0, 0.1) is 40.9 Å². The van der Waals surface area contributed by atoms with Gasteiger partial charge in [-0.25, -0.2) is 4.98 Å². The largest absolute Gasteiger partial charge is 0.344 e. The van der Waals surface area contributed by atoms with Gasteiger partial charge in [-0.1, -0.05) is 59.8 Å². The molecule has 4 fully saturated rings. The fourth-order valence-corrected chi connectivity index (χ4v) is 8.72. The molecule has 1 saturated heterocycles. The second-order valence-electron chi connectivity index (χ2n) is 16.4. The smallest absolute Gasteiger partial charge is 0.246 e. The number of fused-ring (bicyclic) bond motifs is 1. The first-order chi connectivity index (χ1) is 23.4. The zero-order chi connectivity index (χ0) is 35.3. The number of Topliss-reactive ketones (excluding diaryl/α,β-unsaturated/α-hetero) is 4. The van der Waals surface area contributed by atoms with Crippen molar-refractivity contribution < 1.29 is 28.8 Å². The molecule has 3 aliphatic carbocycles. The SMILES string of the molecule is CCC[C@H](CC(=O)[C@@H]1[C@H]2CCC[C@H]2CN1C(=O)C(NC(=O)[C@@H](CC(=O)c1cnccn1)C1CCCCC1)C(C)(C)C)C(=O)C(=O)CC1CC1. The molecule has 0 radical (unpaired) electrons. The van der Waals surface area contributed by atoms with E-state index in [9.17, 15) is 28.8 Å². The van der Waals surface area contributed by atoms with Crippen molar-refractivity contribution >= 4 is 34.9 Å². The minimum atomic E-state index is -0.917. The molecule has 5 rings (SSSR count). The van der Waals surface area contributed by atoms with Crippen LogP contribution in [0.2, 0.25) is 0 Å². The normalized spacial score (nSPS) is 24.5. The van der Waals surface area contributed by atoms with E-state index >= 15 is 0 Å². The summed E-state index contributed by atoms with van der Waals surface area (Å²) in [5, 5.41) is 3.10. The molecule has 1 N–H and O–H groups in total. The van der Waals surface area contributed by atoms with Crippen molar-refractivity contribution in [2.75, 3.05) is 6.54 Å². The standard InChI is InChI=1S/C39H56N4O6/c1-5-10-26(35(47)33(46)19-24-15-16-24)20-32(45)34-28-14-9-13-27(28)23-43(34)38(49)36(39(2,3)4)42-37(48)29(25-11-7-6-8-12-25)21-31(44)30-22-40-17-18-41-30/h17-18,22,24-29,34,36H,5-16,19-21,23H2,1-4H3,(H,42,48)/t26-,27+,28+,29+,34+,36?/m1/s1. The molecule has 0 bridgehead atoms. The van der Waals surface area contributed by atoms with Crippen molar-refractivity contribution in [1.82, 2.24) is 20.2 Å². The molecular weight excluding hydrogens is 620 g/mol. The van der Waals surface area contributed by atoms with Crippen molar-refractivity contribution in [2.45, 2.75) is 136 Å². The Morgan fingerprint density at radius 3 is 2.29 bits per heavy atom. The van der Waals surface area contributed by atoms with Crippen LogP contribution in [0.3, 0.4) is 0 Å². The number of amides is 2. The maximum Gasteiger partial charge on any atom is 0.246 e. The number of hydrogen-bond donors (Lipinski definition) is 1. The van der Waals surface area contributed by atoms with Crippen molar-refractivity contribution in [1.29, 1.82) is 0 Å². The number of nitrogens with zero attached hydrogens (tertiary/aromatic N) is 3. The van der Waals surface area contributed by atoms with Crippen LogP contribution in [-0.2, 0) is 24.0 Å². The van der Waals surface area contributed by atoms with Gasteiger partial charge in [0.15, 0.2) is 17.3 Å². The van der Waals surface area contributed by atoms with Crippen LogP contribution >= 0.6 is 0 Å². The van der Waals surface area contributed by atoms with E-state index in [1.54, 1.807) is 4.90 Å². The molecule has 0 aromatic carbocycles. The summed E-state index contributed by atoms with van der Waals surface area (Å²) in [4.78, 5) is 92.3. The van der Waals surface area contributed by atoms with Gasteiger partial charge >= 0.3 is 0 Å². The van der Waals surface area contributed by atoms with Gasteiger partial charge < -0.3 is 10.2 Å². The van der Waals surface area contributed by atoms with Crippen LogP contribution in [0.15, 0.2) is 18.6 Å². The molecule has 1 unspecified atom stereocenters. The maximum absolute atomic E-state index is 14.7. The van der Waals surface area contributed by atoms with Gasteiger partial charge in [-0.05, 0) is 74.0 Å². The summed E-state index contributed by atoms with van der Waals surface area (Å²) in [5.41, 5.74) is -0.460. The minimum Gasteiger partial charge on any atom is -0.344 e. The molecule has 10 heteroatoms. The topological polar surface area (TPSA) is 143 Å². The Bertz CT molecular complexity index is 1380. The van der Waals surface area contributed by atoms with Gasteiger partial charge in [0.25, 0.3) is 0 Å². The first-order valence-corrected chi connectivity index (χ1v) is 18.9. The molecule has 2 amide bonds. The fraction of sp³-hybridized carbons (Fsp3) is 0.744. The highest BCUT2D eigenvalue weighted by atomic mass is 16.2. The highest BCUT2D eigenvalue weighted by molar-refractivity contribution is 6.38. The Hall–Kier alpha value is -3.30. The van der Waals surface area contributed by atoms with Gasteiger partial charge in [0.05, 0.1) is 12.2 Å². The molecule has 1 aromatic rings. The highest BCUT2D eigenvalue weighted by Crippen LogP contribution is 2.44. The number of ketones is 4. The number of carbonyl (C=O) groups excluding carboxylic acids is 6. The van der Waals surface area contributed by atoms with E-state index in [1.165, 1.54) is 18.6 Å². The molecular formula is C39H56N4O6. The Labute approximate surface area is 291 Å². The molecule has 1 aliphatic heterocycles. The summed E-state index contributed by atoms with van der Waals surface area (Å²) in [6.07, 6.45) is 15.2. The van der Waals surface area contributed by atoms with Gasteiger partial charge in [0, 0.05) is 50.0 Å². The Kier molecular flexibility index (Phi) is 12.2. The number of likely N-dealkylation sites (tertiary alicyclic amines) is 1. The van der Waals surface area contributed by atoms with E-state index in [-0.39, 0.29) is 71.9 Å². The molecule has 2 heterocycles. The van der Waals surface area contributed by atoms with Gasteiger partial charge in [-0.3, -0.25) is 33.8 Å². The lowest BCUT2D eigenvalue weighted by Gasteiger charge is -2.38. The summed E-state index contributed by atoms with van der Waals surface area (Å²) in [6.45, 7) is 8.11. The van der Waals surface area contributed by atoms with Crippen LogP contribution in [0.4, 0.5) is 0 Å².